The molecule has 0 unspecified atom stereocenters. The number of carbonyl (C=O) groups excluding carboxylic acids is 2. The van der Waals surface area contributed by atoms with Crippen LogP contribution in [0.1, 0.15) is 22.6 Å². The number of nitrogens with two attached hydrogens (primary N) is 1. The van der Waals surface area contributed by atoms with E-state index in [2.05, 4.69) is 26.1 Å². The van der Waals surface area contributed by atoms with Crippen LogP contribution >= 0.6 is 0 Å². The molecule has 10 nitrogen and oxygen atoms in total. The van der Waals surface area contributed by atoms with Crippen LogP contribution in [-0.4, -0.2) is 26.3 Å². The van der Waals surface area contributed by atoms with Gasteiger partial charge in [-0.2, -0.15) is 0 Å². The van der Waals surface area contributed by atoms with E-state index in [4.69, 9.17) is 5.73 Å². The number of pyridine rings is 1. The number of hydrogen-bond acceptors (Lipinski definition) is 7. The smallest absolute Gasteiger partial charge is 0.295 e. The minimum atomic E-state index is -0.534. The van der Waals surface area contributed by atoms with Crippen LogP contribution < -0.4 is 27.5 Å². The summed E-state index contributed by atoms with van der Waals surface area (Å²) in [6, 6.07) is 12.7. The minimum absolute atomic E-state index is 0.0885. The van der Waals surface area contributed by atoms with Crippen LogP contribution in [0.15, 0.2) is 53.5 Å². The SMILES string of the molecule is Cc1ccc(N)c(CNC(=O)Cn2c(C)cnc(NNC(=O)Cc3ccccc3)c2=O)n1. The highest BCUT2D eigenvalue weighted by molar-refractivity contribution is 5.79. The number of nitrogens with one attached hydrogen (secondary N) is 3. The van der Waals surface area contributed by atoms with Gasteiger partial charge in [-0.1, -0.05) is 30.3 Å². The lowest BCUT2D eigenvalue weighted by atomic mass is 10.1. The number of hydrogen-bond donors (Lipinski definition) is 4. The fourth-order valence-electron chi connectivity index (χ4n) is 2.95. The molecule has 0 radical (unpaired) electrons. The largest absolute Gasteiger partial charge is 0.397 e. The van der Waals surface area contributed by atoms with E-state index in [0.717, 1.165) is 11.3 Å². The molecule has 0 aliphatic rings. The van der Waals surface area contributed by atoms with Crippen molar-refractivity contribution >= 4 is 23.3 Å². The van der Waals surface area contributed by atoms with E-state index >= 15 is 0 Å². The van der Waals surface area contributed by atoms with E-state index in [0.29, 0.717) is 17.1 Å². The van der Waals surface area contributed by atoms with Crippen LogP contribution in [-0.2, 0) is 29.1 Å². The second-order valence-corrected chi connectivity index (χ2v) is 7.24. The Labute approximate surface area is 184 Å². The molecule has 32 heavy (non-hydrogen) atoms. The monoisotopic (exact) mass is 435 g/mol. The zero-order valence-electron chi connectivity index (χ0n) is 17.9. The lowest BCUT2D eigenvalue weighted by molar-refractivity contribution is -0.122. The Balaban J connectivity index is 1.61. The third kappa shape index (κ3) is 5.91. The molecule has 2 amide bonds. The van der Waals surface area contributed by atoms with Gasteiger partial charge in [0.1, 0.15) is 6.54 Å². The summed E-state index contributed by atoms with van der Waals surface area (Å²) in [5, 5.41) is 2.72. The molecule has 0 aliphatic carbocycles. The summed E-state index contributed by atoms with van der Waals surface area (Å²) in [5.41, 5.74) is 13.5. The summed E-state index contributed by atoms with van der Waals surface area (Å²) in [6.07, 6.45) is 1.59. The molecular formula is C22H25N7O3. The van der Waals surface area contributed by atoms with Gasteiger partial charge in [0.2, 0.25) is 17.6 Å². The molecule has 2 heterocycles. The Hall–Kier alpha value is -4.21. The summed E-state index contributed by atoms with van der Waals surface area (Å²) in [4.78, 5) is 45.6. The van der Waals surface area contributed by atoms with Crippen molar-refractivity contribution in [2.45, 2.75) is 33.4 Å². The first kappa shape index (κ1) is 22.5. The van der Waals surface area contributed by atoms with Gasteiger partial charge in [0, 0.05) is 17.6 Å². The lowest BCUT2D eigenvalue weighted by Crippen LogP contribution is -2.38. The van der Waals surface area contributed by atoms with Crippen molar-refractivity contribution in [1.82, 2.24) is 25.3 Å². The number of benzene rings is 1. The number of anilines is 2. The molecule has 3 aromatic rings. The zero-order chi connectivity index (χ0) is 23.1. The fourth-order valence-corrected chi connectivity index (χ4v) is 2.95. The van der Waals surface area contributed by atoms with Crippen molar-refractivity contribution in [1.29, 1.82) is 0 Å². The molecule has 10 heteroatoms. The van der Waals surface area contributed by atoms with E-state index in [9.17, 15) is 14.4 Å². The zero-order valence-corrected chi connectivity index (χ0v) is 17.9. The number of aryl methyl sites for hydroxylation is 2. The maximum absolute atomic E-state index is 12.7. The number of nitrogen functional groups attached to an aromatic ring is 1. The number of aromatic nitrogens is 3. The average molecular weight is 435 g/mol. The first-order valence-electron chi connectivity index (χ1n) is 9.97. The summed E-state index contributed by atoms with van der Waals surface area (Å²) >= 11 is 0. The highest BCUT2D eigenvalue weighted by Gasteiger charge is 2.13. The first-order chi connectivity index (χ1) is 15.3. The third-order valence-electron chi connectivity index (χ3n) is 4.69. The van der Waals surface area contributed by atoms with E-state index in [1.807, 2.05) is 37.3 Å². The quantitative estimate of drug-likeness (QED) is 0.384. The van der Waals surface area contributed by atoms with Crippen LogP contribution in [0, 0.1) is 13.8 Å². The summed E-state index contributed by atoms with van der Waals surface area (Å²) in [7, 11) is 0. The second-order valence-electron chi connectivity index (χ2n) is 7.24. The van der Waals surface area contributed by atoms with E-state index in [1.165, 1.54) is 10.8 Å². The van der Waals surface area contributed by atoms with Crippen molar-refractivity contribution in [3.05, 3.63) is 81.7 Å². The van der Waals surface area contributed by atoms with Crippen LogP contribution in [0.5, 0.6) is 0 Å². The van der Waals surface area contributed by atoms with Gasteiger partial charge in [-0.05, 0) is 31.5 Å². The Kier molecular flexibility index (Phi) is 7.17. The number of hydrazine groups is 1. The predicted molar refractivity (Wildman–Crippen MR) is 120 cm³/mol. The normalized spacial score (nSPS) is 10.4. The maximum atomic E-state index is 12.7. The molecule has 0 saturated heterocycles. The summed E-state index contributed by atoms with van der Waals surface area (Å²) in [5.74, 6) is -0.803. The molecule has 0 bridgehead atoms. The van der Waals surface area contributed by atoms with Gasteiger partial charge in [0.05, 0.1) is 24.3 Å². The molecule has 0 fully saturated rings. The van der Waals surface area contributed by atoms with Gasteiger partial charge < -0.3 is 11.1 Å². The molecule has 5 N–H and O–H groups in total. The van der Waals surface area contributed by atoms with Gasteiger partial charge in [0.15, 0.2) is 0 Å². The number of carbonyl (C=O) groups is 2. The summed E-state index contributed by atoms with van der Waals surface area (Å²) in [6.45, 7) is 3.43. The molecule has 2 aromatic heterocycles. The molecular weight excluding hydrogens is 410 g/mol. The Bertz CT molecular complexity index is 1180. The van der Waals surface area contributed by atoms with Crippen molar-refractivity contribution in [2.75, 3.05) is 11.2 Å². The molecule has 0 spiro atoms. The van der Waals surface area contributed by atoms with Crippen LogP contribution in [0.3, 0.4) is 0 Å². The Morgan fingerprint density at radius 1 is 1.06 bits per heavy atom. The molecule has 3 rings (SSSR count). The van der Waals surface area contributed by atoms with Crippen molar-refractivity contribution in [3.63, 3.8) is 0 Å². The van der Waals surface area contributed by atoms with E-state index < -0.39 is 5.56 Å². The van der Waals surface area contributed by atoms with E-state index in [1.54, 1.807) is 19.1 Å². The van der Waals surface area contributed by atoms with Crippen molar-refractivity contribution in [3.8, 4) is 0 Å². The second kappa shape index (κ2) is 10.2. The Morgan fingerprint density at radius 3 is 2.56 bits per heavy atom. The number of nitrogens with zero attached hydrogens (tertiary/aromatic N) is 3. The van der Waals surface area contributed by atoms with E-state index in [-0.39, 0.29) is 37.1 Å². The maximum Gasteiger partial charge on any atom is 0.295 e. The van der Waals surface area contributed by atoms with Crippen LogP contribution in [0.2, 0.25) is 0 Å². The standard InChI is InChI=1S/C22H25N7O3/c1-14-8-9-17(23)18(26-14)12-24-20(31)13-29-15(2)11-25-21(22(29)32)28-27-19(30)10-16-6-4-3-5-7-16/h3-9,11H,10,12-13,23H2,1-2H3,(H,24,31)(H,25,28)(H,27,30). The van der Waals surface area contributed by atoms with Crippen LogP contribution in [0.4, 0.5) is 11.5 Å². The minimum Gasteiger partial charge on any atom is -0.397 e. The van der Waals surface area contributed by atoms with Gasteiger partial charge >= 0.3 is 0 Å². The van der Waals surface area contributed by atoms with Gasteiger partial charge in [-0.25, -0.2) is 4.98 Å². The average Bonchev–Trinajstić information content (AvgIpc) is 2.77. The molecule has 0 saturated carbocycles. The van der Waals surface area contributed by atoms with Gasteiger partial charge in [0.25, 0.3) is 5.56 Å². The number of amides is 2. The van der Waals surface area contributed by atoms with Crippen molar-refractivity contribution < 1.29 is 9.59 Å². The molecule has 1 aromatic carbocycles. The molecule has 0 aliphatic heterocycles. The first-order valence-corrected chi connectivity index (χ1v) is 9.97. The number of rotatable bonds is 8. The highest BCUT2D eigenvalue weighted by atomic mass is 16.2. The van der Waals surface area contributed by atoms with Crippen LogP contribution in [0.25, 0.3) is 0 Å². The molecule has 166 valence electrons. The summed E-state index contributed by atoms with van der Waals surface area (Å²) < 4.78 is 1.26. The topological polar surface area (TPSA) is 144 Å². The fraction of sp³-hybridized carbons (Fsp3) is 0.227. The Morgan fingerprint density at radius 2 is 1.81 bits per heavy atom. The van der Waals surface area contributed by atoms with Crippen molar-refractivity contribution in [2.24, 2.45) is 0 Å². The van der Waals surface area contributed by atoms with Gasteiger partial charge in [-0.15, -0.1) is 0 Å². The molecule has 0 atom stereocenters. The van der Waals surface area contributed by atoms with Gasteiger partial charge in [-0.3, -0.25) is 34.8 Å². The lowest BCUT2D eigenvalue weighted by Gasteiger charge is -2.13. The predicted octanol–water partition coefficient (Wildman–Crippen LogP) is 0.840. The third-order valence-corrected chi connectivity index (χ3v) is 4.69. The highest BCUT2D eigenvalue weighted by Crippen LogP contribution is 2.09.